The number of carbonyl (C=O) groups excluding carboxylic acids is 2. The topological polar surface area (TPSA) is 111 Å². The standard InChI is InChI=1S/C11H16N6O3S/c1-4-20-9(18)8-6(2)12-10(19)13-7(8)5-21-11-14-15-16-17(11)3/h6H,4-5H2,1-3H3,(H2,12,13,19). The molecule has 114 valence electrons. The van der Waals surface area contributed by atoms with Crippen molar-refractivity contribution in [1.82, 2.24) is 30.8 Å². The van der Waals surface area contributed by atoms with Crippen molar-refractivity contribution in [3.63, 3.8) is 0 Å². The summed E-state index contributed by atoms with van der Waals surface area (Å²) in [7, 11) is 1.71. The number of hydrogen-bond acceptors (Lipinski definition) is 7. The van der Waals surface area contributed by atoms with E-state index in [0.29, 0.717) is 22.2 Å². The van der Waals surface area contributed by atoms with Gasteiger partial charge in [0, 0.05) is 18.5 Å². The highest BCUT2D eigenvalue weighted by Gasteiger charge is 2.29. The third kappa shape index (κ3) is 3.51. The first-order chi connectivity index (χ1) is 10.0. The molecule has 0 aliphatic carbocycles. The lowest BCUT2D eigenvalue weighted by Gasteiger charge is -2.26. The number of ether oxygens (including phenoxy) is 1. The Balaban J connectivity index is 2.20. The summed E-state index contributed by atoms with van der Waals surface area (Å²) in [6.07, 6.45) is 0. The number of hydrogen-bond donors (Lipinski definition) is 2. The fraction of sp³-hybridized carbons (Fsp3) is 0.545. The van der Waals surface area contributed by atoms with Crippen molar-refractivity contribution in [2.75, 3.05) is 12.4 Å². The molecule has 2 amide bonds. The molecule has 0 fully saturated rings. The molecule has 10 heteroatoms. The Morgan fingerprint density at radius 2 is 2.29 bits per heavy atom. The number of tetrazole rings is 1. The lowest BCUT2D eigenvalue weighted by Crippen LogP contribution is -2.49. The molecule has 21 heavy (non-hydrogen) atoms. The van der Waals surface area contributed by atoms with Crippen LogP contribution < -0.4 is 10.6 Å². The maximum absolute atomic E-state index is 12.0. The fourth-order valence-electron chi connectivity index (χ4n) is 1.87. The molecule has 0 bridgehead atoms. The lowest BCUT2D eigenvalue weighted by molar-refractivity contribution is -0.138. The molecule has 9 nitrogen and oxygen atoms in total. The first kappa shape index (κ1) is 15.3. The highest BCUT2D eigenvalue weighted by molar-refractivity contribution is 7.99. The van der Waals surface area contributed by atoms with Crippen molar-refractivity contribution < 1.29 is 14.3 Å². The maximum atomic E-state index is 12.0. The molecule has 0 spiro atoms. The van der Waals surface area contributed by atoms with Gasteiger partial charge in [0.15, 0.2) is 0 Å². The lowest BCUT2D eigenvalue weighted by atomic mass is 10.1. The summed E-state index contributed by atoms with van der Waals surface area (Å²) in [6, 6.07) is -0.756. The van der Waals surface area contributed by atoms with E-state index < -0.39 is 12.0 Å². The van der Waals surface area contributed by atoms with Crippen molar-refractivity contribution in [1.29, 1.82) is 0 Å². The highest BCUT2D eigenvalue weighted by Crippen LogP contribution is 2.21. The van der Waals surface area contributed by atoms with Crippen LogP contribution in [0.5, 0.6) is 0 Å². The SMILES string of the molecule is CCOC(=O)C1=C(CSc2nnnn2C)NC(=O)NC1C. The number of carbonyl (C=O) groups is 2. The third-order valence-electron chi connectivity index (χ3n) is 2.79. The van der Waals surface area contributed by atoms with Crippen molar-refractivity contribution in [3.05, 3.63) is 11.3 Å². The molecule has 0 radical (unpaired) electrons. The minimum Gasteiger partial charge on any atom is -0.463 e. The molecular weight excluding hydrogens is 296 g/mol. The van der Waals surface area contributed by atoms with Crippen LogP contribution in [-0.4, -0.2) is 50.6 Å². The van der Waals surface area contributed by atoms with Crippen LogP contribution in [0.15, 0.2) is 16.4 Å². The molecule has 2 rings (SSSR count). The van der Waals surface area contributed by atoms with E-state index in [9.17, 15) is 9.59 Å². The van der Waals surface area contributed by atoms with Gasteiger partial charge >= 0.3 is 12.0 Å². The summed E-state index contributed by atoms with van der Waals surface area (Å²) < 4.78 is 6.55. The van der Waals surface area contributed by atoms with Gasteiger partial charge in [0.05, 0.1) is 18.2 Å². The first-order valence-corrected chi connectivity index (χ1v) is 7.34. The first-order valence-electron chi connectivity index (χ1n) is 6.35. The van der Waals surface area contributed by atoms with Crippen LogP contribution in [0, 0.1) is 0 Å². The van der Waals surface area contributed by atoms with Crippen molar-refractivity contribution in [3.8, 4) is 0 Å². The van der Waals surface area contributed by atoms with Crippen molar-refractivity contribution >= 4 is 23.8 Å². The van der Waals surface area contributed by atoms with E-state index in [-0.39, 0.29) is 12.6 Å². The fourth-order valence-corrected chi connectivity index (χ4v) is 2.69. The number of urea groups is 1. The summed E-state index contributed by atoms with van der Waals surface area (Å²) in [5.74, 6) is -0.0793. The Kier molecular flexibility index (Phi) is 4.78. The molecule has 1 unspecified atom stereocenters. The highest BCUT2D eigenvalue weighted by atomic mass is 32.2. The van der Waals surface area contributed by atoms with Gasteiger partial charge in [-0.15, -0.1) is 5.10 Å². The van der Waals surface area contributed by atoms with E-state index in [0.717, 1.165) is 0 Å². The normalized spacial score (nSPS) is 18.2. The molecule has 2 N–H and O–H groups in total. The Morgan fingerprint density at radius 1 is 1.52 bits per heavy atom. The Bertz CT molecular complexity index is 584. The van der Waals surface area contributed by atoms with Gasteiger partial charge in [-0.25, -0.2) is 14.3 Å². The molecule has 1 aliphatic heterocycles. The molecule has 0 aromatic carbocycles. The van der Waals surface area contributed by atoms with Gasteiger partial charge in [-0.05, 0) is 24.3 Å². The quantitative estimate of drug-likeness (QED) is 0.573. The smallest absolute Gasteiger partial charge is 0.337 e. The van der Waals surface area contributed by atoms with Crippen LogP contribution in [0.1, 0.15) is 13.8 Å². The van der Waals surface area contributed by atoms with Gasteiger partial charge in [-0.3, -0.25) is 0 Å². The molecule has 1 aromatic heterocycles. The van der Waals surface area contributed by atoms with Crippen LogP contribution in [-0.2, 0) is 16.6 Å². The Morgan fingerprint density at radius 3 is 2.90 bits per heavy atom. The molecule has 0 saturated carbocycles. The number of nitrogens with zero attached hydrogens (tertiary/aromatic N) is 4. The van der Waals surface area contributed by atoms with Gasteiger partial charge in [0.2, 0.25) is 5.16 Å². The molecule has 2 heterocycles. The van der Waals surface area contributed by atoms with Crippen LogP contribution in [0.3, 0.4) is 0 Å². The summed E-state index contributed by atoms with van der Waals surface area (Å²) in [4.78, 5) is 23.6. The summed E-state index contributed by atoms with van der Waals surface area (Å²) >= 11 is 1.32. The number of thioether (sulfide) groups is 1. The predicted octanol–water partition coefficient (Wildman–Crippen LogP) is -0.179. The zero-order valence-corrected chi connectivity index (χ0v) is 12.7. The van der Waals surface area contributed by atoms with E-state index in [1.807, 2.05) is 0 Å². The van der Waals surface area contributed by atoms with E-state index in [4.69, 9.17) is 4.74 Å². The number of amides is 2. The molecule has 1 aliphatic rings. The Labute approximate surface area is 125 Å². The minimum atomic E-state index is -0.441. The monoisotopic (exact) mass is 312 g/mol. The zero-order valence-electron chi connectivity index (χ0n) is 11.9. The van der Waals surface area contributed by atoms with Gasteiger partial charge in [-0.2, -0.15) is 0 Å². The average Bonchev–Trinajstić information content (AvgIpc) is 2.81. The third-order valence-corrected chi connectivity index (χ3v) is 3.83. The van der Waals surface area contributed by atoms with Crippen LogP contribution >= 0.6 is 11.8 Å². The molecular formula is C11H16N6O3S. The van der Waals surface area contributed by atoms with E-state index in [1.165, 1.54) is 16.4 Å². The number of esters is 1. The molecule has 0 saturated heterocycles. The van der Waals surface area contributed by atoms with Crippen molar-refractivity contribution in [2.24, 2.45) is 7.05 Å². The summed E-state index contributed by atoms with van der Waals surface area (Å²) in [5, 5.41) is 17.0. The van der Waals surface area contributed by atoms with E-state index in [1.54, 1.807) is 20.9 Å². The number of rotatable bonds is 5. The van der Waals surface area contributed by atoms with Crippen molar-refractivity contribution in [2.45, 2.75) is 25.0 Å². The van der Waals surface area contributed by atoms with Gasteiger partial charge in [0.25, 0.3) is 0 Å². The second-order valence-electron chi connectivity index (χ2n) is 4.31. The van der Waals surface area contributed by atoms with Crippen LogP contribution in [0.25, 0.3) is 0 Å². The average molecular weight is 312 g/mol. The second kappa shape index (κ2) is 6.57. The van der Waals surface area contributed by atoms with Gasteiger partial charge < -0.3 is 15.4 Å². The predicted molar refractivity (Wildman–Crippen MR) is 74.3 cm³/mol. The van der Waals surface area contributed by atoms with Gasteiger partial charge in [0.1, 0.15) is 0 Å². The maximum Gasteiger partial charge on any atom is 0.337 e. The molecule has 1 aromatic rings. The summed E-state index contributed by atoms with van der Waals surface area (Å²) in [6.45, 7) is 3.74. The largest absolute Gasteiger partial charge is 0.463 e. The van der Waals surface area contributed by atoms with Gasteiger partial charge in [-0.1, -0.05) is 11.8 Å². The number of aromatic nitrogens is 4. The zero-order chi connectivity index (χ0) is 15.4. The van der Waals surface area contributed by atoms with E-state index >= 15 is 0 Å². The molecule has 1 atom stereocenters. The number of aryl methyl sites for hydroxylation is 1. The summed E-state index contributed by atoms with van der Waals surface area (Å²) in [5.41, 5.74) is 0.928. The minimum absolute atomic E-state index is 0.274. The Hall–Kier alpha value is -2.10. The van der Waals surface area contributed by atoms with E-state index in [2.05, 4.69) is 26.2 Å². The van der Waals surface area contributed by atoms with Crippen LogP contribution in [0.2, 0.25) is 0 Å². The van der Waals surface area contributed by atoms with Crippen LogP contribution in [0.4, 0.5) is 4.79 Å². The number of nitrogens with one attached hydrogen (secondary N) is 2. The second-order valence-corrected chi connectivity index (χ2v) is 5.25.